The molecule has 2 aromatic rings. The molecular formula is C17H20N4O. The van der Waals surface area contributed by atoms with Crippen LogP contribution in [-0.2, 0) is 18.3 Å². The van der Waals surface area contributed by atoms with Crippen LogP contribution in [0, 0.1) is 17.2 Å². The lowest BCUT2D eigenvalue weighted by molar-refractivity contribution is 0.0904. The molecule has 1 aliphatic rings. The van der Waals surface area contributed by atoms with Crippen LogP contribution >= 0.6 is 0 Å². The number of aryl methyl sites for hydroxylation is 1. The van der Waals surface area contributed by atoms with Crippen molar-refractivity contribution in [2.75, 3.05) is 13.2 Å². The highest BCUT2D eigenvalue weighted by Gasteiger charge is 2.30. The summed E-state index contributed by atoms with van der Waals surface area (Å²) in [6, 6.07) is 9.84. The Bertz CT molecular complexity index is 656. The number of aromatic nitrogens is 2. The molecule has 1 aliphatic heterocycles. The molecule has 1 N–H and O–H groups in total. The Kier molecular flexibility index (Phi) is 4.52. The SMILES string of the molecule is Cn1cc([C@@H]2OCC[C@H]2CNCc2ccc(C#N)cc2)cn1. The van der Waals surface area contributed by atoms with E-state index in [1.54, 1.807) is 0 Å². The van der Waals surface area contributed by atoms with Crippen molar-refractivity contribution < 1.29 is 4.74 Å². The lowest BCUT2D eigenvalue weighted by Crippen LogP contribution is -2.24. The molecule has 5 nitrogen and oxygen atoms in total. The second-order valence-corrected chi connectivity index (χ2v) is 5.73. The summed E-state index contributed by atoms with van der Waals surface area (Å²) in [5, 5.41) is 16.5. The number of hydrogen-bond acceptors (Lipinski definition) is 4. The zero-order valence-electron chi connectivity index (χ0n) is 12.7. The van der Waals surface area contributed by atoms with Crippen LogP contribution in [0.15, 0.2) is 36.7 Å². The molecule has 22 heavy (non-hydrogen) atoms. The van der Waals surface area contributed by atoms with Gasteiger partial charge in [0.2, 0.25) is 0 Å². The Morgan fingerprint density at radius 1 is 1.41 bits per heavy atom. The van der Waals surface area contributed by atoms with E-state index in [0.717, 1.165) is 31.7 Å². The first-order chi connectivity index (χ1) is 10.8. The minimum Gasteiger partial charge on any atom is -0.373 e. The van der Waals surface area contributed by atoms with E-state index in [9.17, 15) is 0 Å². The maximum Gasteiger partial charge on any atom is 0.0991 e. The van der Waals surface area contributed by atoms with Crippen LogP contribution in [0.2, 0.25) is 0 Å². The van der Waals surface area contributed by atoms with Crippen molar-refractivity contribution in [2.24, 2.45) is 13.0 Å². The lowest BCUT2D eigenvalue weighted by atomic mass is 9.97. The maximum absolute atomic E-state index is 8.80. The maximum atomic E-state index is 8.80. The fourth-order valence-corrected chi connectivity index (χ4v) is 2.90. The number of hydrogen-bond donors (Lipinski definition) is 1. The molecule has 3 rings (SSSR count). The zero-order valence-corrected chi connectivity index (χ0v) is 12.7. The van der Waals surface area contributed by atoms with Crippen molar-refractivity contribution in [3.8, 4) is 6.07 Å². The minimum absolute atomic E-state index is 0.141. The molecule has 2 atom stereocenters. The third-order valence-corrected chi connectivity index (χ3v) is 4.09. The summed E-state index contributed by atoms with van der Waals surface area (Å²) in [6.45, 7) is 2.53. The first-order valence-corrected chi connectivity index (χ1v) is 7.56. The van der Waals surface area contributed by atoms with E-state index in [0.29, 0.717) is 11.5 Å². The van der Waals surface area contributed by atoms with Gasteiger partial charge in [-0.05, 0) is 24.1 Å². The van der Waals surface area contributed by atoms with Gasteiger partial charge in [0.15, 0.2) is 0 Å². The molecule has 0 unspecified atom stereocenters. The van der Waals surface area contributed by atoms with Gasteiger partial charge in [-0.1, -0.05) is 12.1 Å². The quantitative estimate of drug-likeness (QED) is 0.918. The van der Waals surface area contributed by atoms with E-state index in [-0.39, 0.29) is 6.10 Å². The smallest absolute Gasteiger partial charge is 0.0991 e. The van der Waals surface area contributed by atoms with Crippen LogP contribution in [0.5, 0.6) is 0 Å². The Morgan fingerprint density at radius 2 is 2.23 bits per heavy atom. The van der Waals surface area contributed by atoms with Crippen molar-refractivity contribution in [1.82, 2.24) is 15.1 Å². The number of nitrogens with one attached hydrogen (secondary N) is 1. The van der Waals surface area contributed by atoms with Crippen LogP contribution in [0.25, 0.3) is 0 Å². The Morgan fingerprint density at radius 3 is 2.91 bits per heavy atom. The molecule has 5 heteroatoms. The molecule has 2 heterocycles. The molecule has 0 amide bonds. The van der Waals surface area contributed by atoms with Crippen molar-refractivity contribution in [2.45, 2.75) is 19.1 Å². The molecule has 0 radical (unpaired) electrons. The van der Waals surface area contributed by atoms with Crippen LogP contribution in [0.4, 0.5) is 0 Å². The van der Waals surface area contributed by atoms with Gasteiger partial charge < -0.3 is 10.1 Å². The van der Waals surface area contributed by atoms with Gasteiger partial charge in [-0.2, -0.15) is 10.4 Å². The summed E-state index contributed by atoms with van der Waals surface area (Å²) >= 11 is 0. The first-order valence-electron chi connectivity index (χ1n) is 7.56. The van der Waals surface area contributed by atoms with E-state index in [4.69, 9.17) is 10.00 Å². The second-order valence-electron chi connectivity index (χ2n) is 5.73. The van der Waals surface area contributed by atoms with Gasteiger partial charge >= 0.3 is 0 Å². The fraction of sp³-hybridized carbons (Fsp3) is 0.412. The van der Waals surface area contributed by atoms with Gasteiger partial charge in [0.1, 0.15) is 0 Å². The summed E-state index contributed by atoms with van der Waals surface area (Å²) in [6.07, 6.45) is 5.13. The number of ether oxygens (including phenoxy) is 1. The average Bonchev–Trinajstić information content (AvgIpc) is 3.16. The molecule has 1 aromatic heterocycles. The van der Waals surface area contributed by atoms with Crippen molar-refractivity contribution in [1.29, 1.82) is 5.26 Å². The summed E-state index contributed by atoms with van der Waals surface area (Å²) in [7, 11) is 1.93. The van der Waals surface area contributed by atoms with E-state index in [1.165, 1.54) is 5.56 Å². The van der Waals surface area contributed by atoms with Gasteiger partial charge in [-0.25, -0.2) is 0 Å². The zero-order chi connectivity index (χ0) is 15.4. The van der Waals surface area contributed by atoms with Gasteiger partial charge in [0.05, 0.1) is 23.9 Å². The highest BCUT2D eigenvalue weighted by molar-refractivity contribution is 5.31. The molecule has 0 saturated carbocycles. The standard InChI is InChI=1S/C17H20N4O/c1-21-12-16(11-20-21)17-15(6-7-22-17)10-19-9-14-4-2-13(8-18)3-5-14/h2-5,11-12,15,17,19H,6-7,9-10H2,1H3/t15-,17+/m0/s1. The topological polar surface area (TPSA) is 62.9 Å². The summed E-state index contributed by atoms with van der Waals surface area (Å²) in [5.74, 6) is 0.475. The van der Waals surface area contributed by atoms with E-state index in [1.807, 2.05) is 48.4 Å². The van der Waals surface area contributed by atoms with Crippen molar-refractivity contribution >= 4 is 0 Å². The summed E-state index contributed by atoms with van der Waals surface area (Å²) in [4.78, 5) is 0. The number of benzene rings is 1. The summed E-state index contributed by atoms with van der Waals surface area (Å²) in [5.41, 5.74) is 3.05. The van der Waals surface area contributed by atoms with Crippen LogP contribution < -0.4 is 5.32 Å². The largest absolute Gasteiger partial charge is 0.373 e. The average molecular weight is 296 g/mol. The summed E-state index contributed by atoms with van der Waals surface area (Å²) < 4.78 is 7.69. The molecule has 0 bridgehead atoms. The minimum atomic E-state index is 0.141. The molecule has 1 fully saturated rings. The van der Waals surface area contributed by atoms with Crippen LogP contribution in [-0.4, -0.2) is 22.9 Å². The highest BCUT2D eigenvalue weighted by Crippen LogP contribution is 2.33. The van der Waals surface area contributed by atoms with Crippen molar-refractivity contribution in [3.05, 3.63) is 53.3 Å². The molecule has 1 aromatic carbocycles. The number of rotatable bonds is 5. The van der Waals surface area contributed by atoms with E-state index in [2.05, 4.69) is 16.5 Å². The molecular weight excluding hydrogens is 276 g/mol. The monoisotopic (exact) mass is 296 g/mol. The number of nitriles is 1. The highest BCUT2D eigenvalue weighted by atomic mass is 16.5. The first kappa shape index (κ1) is 14.8. The van der Waals surface area contributed by atoms with Crippen LogP contribution in [0.3, 0.4) is 0 Å². The van der Waals surface area contributed by atoms with Gasteiger partial charge in [-0.15, -0.1) is 0 Å². The fourth-order valence-electron chi connectivity index (χ4n) is 2.90. The molecule has 0 spiro atoms. The Labute approximate surface area is 130 Å². The molecule has 114 valence electrons. The molecule has 1 saturated heterocycles. The third kappa shape index (κ3) is 3.35. The second kappa shape index (κ2) is 6.73. The lowest BCUT2D eigenvalue weighted by Gasteiger charge is -2.17. The van der Waals surface area contributed by atoms with Gasteiger partial charge in [0.25, 0.3) is 0 Å². The predicted molar refractivity (Wildman–Crippen MR) is 82.9 cm³/mol. The van der Waals surface area contributed by atoms with Gasteiger partial charge in [-0.3, -0.25) is 4.68 Å². The Balaban J connectivity index is 1.53. The van der Waals surface area contributed by atoms with E-state index >= 15 is 0 Å². The normalized spacial score (nSPS) is 20.9. The van der Waals surface area contributed by atoms with Gasteiger partial charge in [0, 0.05) is 44.4 Å². The number of nitrogens with zero attached hydrogens (tertiary/aromatic N) is 3. The van der Waals surface area contributed by atoms with Crippen LogP contribution in [0.1, 0.15) is 29.2 Å². The predicted octanol–water partition coefficient (Wildman–Crippen LogP) is 2.16. The third-order valence-electron chi connectivity index (χ3n) is 4.09. The van der Waals surface area contributed by atoms with E-state index < -0.39 is 0 Å². The molecule has 0 aliphatic carbocycles. The van der Waals surface area contributed by atoms with Crippen molar-refractivity contribution in [3.63, 3.8) is 0 Å². The Hall–Kier alpha value is -2.16.